The van der Waals surface area contributed by atoms with E-state index in [9.17, 15) is 4.79 Å². The molecule has 0 bridgehead atoms. The summed E-state index contributed by atoms with van der Waals surface area (Å²) in [4.78, 5) is 22.8. The van der Waals surface area contributed by atoms with Gasteiger partial charge in [0.1, 0.15) is 5.15 Å². The summed E-state index contributed by atoms with van der Waals surface area (Å²) in [5, 5.41) is 1.51. The van der Waals surface area contributed by atoms with Crippen molar-refractivity contribution in [3.63, 3.8) is 0 Å². The van der Waals surface area contributed by atoms with Gasteiger partial charge in [-0.25, -0.2) is 9.97 Å². The predicted molar refractivity (Wildman–Crippen MR) is 82.7 cm³/mol. The Hall–Kier alpha value is -1.04. The van der Waals surface area contributed by atoms with Crippen molar-refractivity contribution in [3.8, 4) is 0 Å². The van der Waals surface area contributed by atoms with Crippen LogP contribution in [-0.2, 0) is 12.2 Å². The van der Waals surface area contributed by atoms with E-state index >= 15 is 0 Å². The SMILES string of the molecule is CCCc1cc(=O)[nH]c(SCc2nc(Cl)ccc2Cl)n1. The zero-order valence-corrected chi connectivity index (χ0v) is 13.1. The second-order valence-electron chi connectivity index (χ2n) is 4.14. The molecule has 0 aliphatic heterocycles. The molecule has 106 valence electrons. The van der Waals surface area contributed by atoms with E-state index in [1.807, 2.05) is 6.92 Å². The van der Waals surface area contributed by atoms with Crippen molar-refractivity contribution in [2.75, 3.05) is 0 Å². The molecule has 0 saturated carbocycles. The lowest BCUT2D eigenvalue weighted by molar-refractivity contribution is 0.815. The minimum atomic E-state index is -0.142. The molecule has 0 amide bonds. The number of thioether (sulfide) groups is 1. The van der Waals surface area contributed by atoms with E-state index in [0.717, 1.165) is 18.5 Å². The molecular formula is C13H13Cl2N3OS. The van der Waals surface area contributed by atoms with E-state index in [1.54, 1.807) is 12.1 Å². The van der Waals surface area contributed by atoms with Crippen molar-refractivity contribution in [3.05, 3.63) is 50.1 Å². The van der Waals surface area contributed by atoms with Gasteiger partial charge in [-0.2, -0.15) is 0 Å². The lowest BCUT2D eigenvalue weighted by Crippen LogP contribution is -2.10. The summed E-state index contributed by atoms with van der Waals surface area (Å²) in [7, 11) is 0. The molecule has 2 rings (SSSR count). The van der Waals surface area contributed by atoms with Gasteiger partial charge in [0.25, 0.3) is 5.56 Å². The molecule has 0 radical (unpaired) electrons. The topological polar surface area (TPSA) is 58.6 Å². The van der Waals surface area contributed by atoms with E-state index < -0.39 is 0 Å². The molecule has 0 fully saturated rings. The third kappa shape index (κ3) is 4.23. The van der Waals surface area contributed by atoms with Gasteiger partial charge in [-0.15, -0.1) is 0 Å². The number of aryl methyl sites for hydroxylation is 1. The number of hydrogen-bond donors (Lipinski definition) is 1. The molecule has 20 heavy (non-hydrogen) atoms. The molecule has 1 N–H and O–H groups in total. The van der Waals surface area contributed by atoms with Crippen molar-refractivity contribution >= 4 is 35.0 Å². The van der Waals surface area contributed by atoms with Gasteiger partial charge < -0.3 is 4.98 Å². The zero-order chi connectivity index (χ0) is 14.5. The largest absolute Gasteiger partial charge is 0.301 e. The van der Waals surface area contributed by atoms with Gasteiger partial charge in [0.2, 0.25) is 0 Å². The van der Waals surface area contributed by atoms with E-state index in [-0.39, 0.29) is 5.56 Å². The van der Waals surface area contributed by atoms with Crippen molar-refractivity contribution in [2.24, 2.45) is 0 Å². The van der Waals surface area contributed by atoms with Gasteiger partial charge in [0.15, 0.2) is 5.16 Å². The summed E-state index contributed by atoms with van der Waals surface area (Å²) in [6.45, 7) is 2.05. The molecule has 0 saturated heterocycles. The highest BCUT2D eigenvalue weighted by atomic mass is 35.5. The van der Waals surface area contributed by atoms with Gasteiger partial charge in [-0.05, 0) is 18.6 Å². The maximum absolute atomic E-state index is 11.5. The molecule has 7 heteroatoms. The fourth-order valence-electron chi connectivity index (χ4n) is 1.63. The molecular weight excluding hydrogens is 317 g/mol. The Bertz CT molecular complexity index is 660. The smallest absolute Gasteiger partial charge is 0.251 e. The highest BCUT2D eigenvalue weighted by molar-refractivity contribution is 7.98. The lowest BCUT2D eigenvalue weighted by atomic mass is 10.2. The maximum atomic E-state index is 11.5. The molecule has 2 heterocycles. The summed E-state index contributed by atoms with van der Waals surface area (Å²) in [5.74, 6) is 0.498. The molecule has 0 aliphatic rings. The number of halogens is 2. The van der Waals surface area contributed by atoms with Crippen LogP contribution in [0.4, 0.5) is 0 Å². The zero-order valence-electron chi connectivity index (χ0n) is 10.8. The minimum Gasteiger partial charge on any atom is -0.301 e. The highest BCUT2D eigenvalue weighted by Crippen LogP contribution is 2.24. The van der Waals surface area contributed by atoms with Gasteiger partial charge in [0, 0.05) is 17.5 Å². The Morgan fingerprint density at radius 3 is 2.85 bits per heavy atom. The molecule has 2 aromatic heterocycles. The van der Waals surface area contributed by atoms with Crippen LogP contribution in [-0.4, -0.2) is 15.0 Å². The molecule has 0 unspecified atom stereocenters. The molecule has 4 nitrogen and oxygen atoms in total. The molecule has 2 aromatic rings. The number of aromatic nitrogens is 3. The van der Waals surface area contributed by atoms with Crippen molar-refractivity contribution in [2.45, 2.75) is 30.7 Å². The lowest BCUT2D eigenvalue weighted by Gasteiger charge is -2.05. The second-order valence-corrected chi connectivity index (χ2v) is 5.90. The number of nitrogens with one attached hydrogen (secondary N) is 1. The number of nitrogens with zero attached hydrogens (tertiary/aromatic N) is 2. The highest BCUT2D eigenvalue weighted by Gasteiger charge is 2.07. The van der Waals surface area contributed by atoms with Crippen LogP contribution in [0.3, 0.4) is 0 Å². The van der Waals surface area contributed by atoms with E-state index in [4.69, 9.17) is 23.2 Å². The van der Waals surface area contributed by atoms with Crippen LogP contribution < -0.4 is 5.56 Å². The first-order chi connectivity index (χ1) is 9.58. The van der Waals surface area contributed by atoms with Crippen LogP contribution in [0.5, 0.6) is 0 Å². The Labute approximate surface area is 130 Å². The Morgan fingerprint density at radius 1 is 1.30 bits per heavy atom. The first-order valence-electron chi connectivity index (χ1n) is 6.12. The van der Waals surface area contributed by atoms with Crippen LogP contribution in [0.25, 0.3) is 0 Å². The van der Waals surface area contributed by atoms with Crippen LogP contribution >= 0.6 is 35.0 Å². The monoisotopic (exact) mass is 329 g/mol. The summed E-state index contributed by atoms with van der Waals surface area (Å²) in [5.41, 5.74) is 1.33. The van der Waals surface area contributed by atoms with Crippen LogP contribution in [0.2, 0.25) is 10.2 Å². The number of rotatable bonds is 5. The summed E-state index contributed by atoms with van der Waals surface area (Å²) in [6, 6.07) is 4.87. The standard InChI is InChI=1S/C13H13Cl2N3OS/c1-2-3-8-6-12(19)18-13(16-8)20-7-10-9(14)4-5-11(15)17-10/h4-6H,2-3,7H2,1H3,(H,16,18,19). The minimum absolute atomic E-state index is 0.142. The third-order valence-corrected chi connectivity index (χ3v) is 3.95. The van der Waals surface area contributed by atoms with Gasteiger partial charge >= 0.3 is 0 Å². The van der Waals surface area contributed by atoms with Gasteiger partial charge in [0.05, 0.1) is 10.7 Å². The summed E-state index contributed by atoms with van der Waals surface area (Å²) in [6.07, 6.45) is 1.73. The van der Waals surface area contributed by atoms with Crippen LogP contribution in [0.15, 0.2) is 28.2 Å². The number of pyridine rings is 1. The van der Waals surface area contributed by atoms with E-state index in [1.165, 1.54) is 17.8 Å². The average molecular weight is 330 g/mol. The normalized spacial score (nSPS) is 10.8. The average Bonchev–Trinajstić information content (AvgIpc) is 2.40. The number of H-pyrrole nitrogens is 1. The third-order valence-electron chi connectivity index (χ3n) is 2.51. The predicted octanol–water partition coefficient (Wildman–Crippen LogP) is 3.72. The summed E-state index contributed by atoms with van der Waals surface area (Å²) < 4.78 is 0. The first kappa shape index (κ1) is 15.4. The van der Waals surface area contributed by atoms with Crippen LogP contribution in [0, 0.1) is 0 Å². The maximum Gasteiger partial charge on any atom is 0.251 e. The van der Waals surface area contributed by atoms with Crippen LogP contribution in [0.1, 0.15) is 24.7 Å². The Morgan fingerprint density at radius 2 is 2.10 bits per heavy atom. The molecule has 0 aromatic carbocycles. The molecule has 0 atom stereocenters. The van der Waals surface area contributed by atoms with Crippen molar-refractivity contribution in [1.29, 1.82) is 0 Å². The van der Waals surface area contributed by atoms with E-state index in [0.29, 0.717) is 26.8 Å². The van der Waals surface area contributed by atoms with Gasteiger partial charge in [-0.1, -0.05) is 48.3 Å². The van der Waals surface area contributed by atoms with Crippen molar-refractivity contribution in [1.82, 2.24) is 15.0 Å². The number of aromatic amines is 1. The Kier molecular flexibility index (Phi) is 5.46. The fourth-order valence-corrected chi connectivity index (χ4v) is 2.90. The second kappa shape index (κ2) is 7.11. The number of hydrogen-bond acceptors (Lipinski definition) is 4. The fraction of sp³-hybridized carbons (Fsp3) is 0.308. The summed E-state index contributed by atoms with van der Waals surface area (Å²) >= 11 is 13.3. The first-order valence-corrected chi connectivity index (χ1v) is 7.86. The van der Waals surface area contributed by atoms with E-state index in [2.05, 4.69) is 15.0 Å². The molecule has 0 aliphatic carbocycles. The molecule has 0 spiro atoms. The van der Waals surface area contributed by atoms with Gasteiger partial charge in [-0.3, -0.25) is 4.79 Å². The Balaban J connectivity index is 2.14. The quantitative estimate of drug-likeness (QED) is 0.516. The van der Waals surface area contributed by atoms with Crippen molar-refractivity contribution < 1.29 is 0 Å².